The molecule has 1 saturated heterocycles. The van der Waals surface area contributed by atoms with Crippen molar-refractivity contribution >= 4 is 0 Å². The summed E-state index contributed by atoms with van der Waals surface area (Å²) in [5.41, 5.74) is 9.24. The molecule has 0 bridgehead atoms. The van der Waals surface area contributed by atoms with Gasteiger partial charge >= 0.3 is 0 Å². The number of aromatic nitrogens is 2. The van der Waals surface area contributed by atoms with Gasteiger partial charge in [0.25, 0.3) is 0 Å². The largest absolute Gasteiger partial charge is 0.374 e. The van der Waals surface area contributed by atoms with Crippen molar-refractivity contribution in [1.29, 1.82) is 0 Å². The average molecular weight is 286 g/mol. The molecule has 0 saturated carbocycles. The molecule has 5 heteroatoms. The number of hydrogen-bond donors (Lipinski definition) is 1. The van der Waals surface area contributed by atoms with Crippen LogP contribution in [0.15, 0.2) is 36.7 Å². The number of nitrogens with zero attached hydrogens (tertiary/aromatic N) is 3. The summed E-state index contributed by atoms with van der Waals surface area (Å²) in [4.78, 5) is 2.37. The molecule has 3 rings (SSSR count). The molecule has 1 aliphatic heterocycles. The summed E-state index contributed by atoms with van der Waals surface area (Å²) < 4.78 is 7.53. The zero-order valence-corrected chi connectivity index (χ0v) is 12.4. The maximum absolute atomic E-state index is 5.68. The Morgan fingerprint density at radius 3 is 3.14 bits per heavy atom. The smallest absolute Gasteiger partial charge is 0.0824 e. The van der Waals surface area contributed by atoms with Gasteiger partial charge in [-0.3, -0.25) is 4.90 Å². The van der Waals surface area contributed by atoms with E-state index in [4.69, 9.17) is 10.5 Å². The van der Waals surface area contributed by atoms with E-state index in [0.717, 1.165) is 31.9 Å². The molecule has 1 aromatic carbocycles. The molecule has 2 aromatic rings. The van der Waals surface area contributed by atoms with Gasteiger partial charge < -0.3 is 10.5 Å². The normalized spacial score (nSPS) is 19.8. The summed E-state index contributed by atoms with van der Waals surface area (Å²) >= 11 is 0. The van der Waals surface area contributed by atoms with Gasteiger partial charge in [0.1, 0.15) is 0 Å². The van der Waals surface area contributed by atoms with Gasteiger partial charge in [-0.25, -0.2) is 4.68 Å². The summed E-state index contributed by atoms with van der Waals surface area (Å²) in [7, 11) is 0. The number of morpholine rings is 1. The first-order valence-corrected chi connectivity index (χ1v) is 7.39. The van der Waals surface area contributed by atoms with Crippen LogP contribution in [-0.4, -0.2) is 47.0 Å². The summed E-state index contributed by atoms with van der Waals surface area (Å²) in [5, 5.41) is 4.47. The summed E-state index contributed by atoms with van der Waals surface area (Å²) in [5.74, 6) is 0. The standard InChI is InChI=1S/C16H22N4O/c1-13-3-2-4-15(7-13)20-11-14(9-18-20)10-19-5-6-21-16(8-17)12-19/h2-4,7,9,11,16H,5-6,8,10,12,17H2,1H3/t16-/m1/s1. The highest BCUT2D eigenvalue weighted by molar-refractivity contribution is 5.35. The minimum Gasteiger partial charge on any atom is -0.374 e. The van der Waals surface area contributed by atoms with Crippen LogP contribution < -0.4 is 5.73 Å². The summed E-state index contributed by atoms with van der Waals surface area (Å²) in [6.07, 6.45) is 4.20. The van der Waals surface area contributed by atoms with Crippen molar-refractivity contribution in [3.63, 3.8) is 0 Å². The number of hydrogen-bond acceptors (Lipinski definition) is 4. The number of nitrogens with two attached hydrogens (primary N) is 1. The molecule has 1 fully saturated rings. The second-order valence-corrected chi connectivity index (χ2v) is 5.60. The lowest BCUT2D eigenvalue weighted by Gasteiger charge is -2.31. The molecular weight excluding hydrogens is 264 g/mol. The van der Waals surface area contributed by atoms with E-state index in [2.05, 4.69) is 47.4 Å². The van der Waals surface area contributed by atoms with Gasteiger partial charge in [-0.05, 0) is 24.6 Å². The number of ether oxygens (including phenoxy) is 1. The van der Waals surface area contributed by atoms with Gasteiger partial charge in [-0.1, -0.05) is 12.1 Å². The Kier molecular flexibility index (Phi) is 4.34. The molecule has 112 valence electrons. The highest BCUT2D eigenvalue weighted by atomic mass is 16.5. The Balaban J connectivity index is 1.68. The fourth-order valence-electron chi connectivity index (χ4n) is 2.68. The molecule has 2 N–H and O–H groups in total. The minimum atomic E-state index is 0.158. The highest BCUT2D eigenvalue weighted by Gasteiger charge is 2.19. The van der Waals surface area contributed by atoms with E-state index in [1.54, 1.807) is 0 Å². The van der Waals surface area contributed by atoms with Crippen LogP contribution in [0.2, 0.25) is 0 Å². The van der Waals surface area contributed by atoms with Crippen LogP contribution in [0.5, 0.6) is 0 Å². The second kappa shape index (κ2) is 6.39. The first kappa shape index (κ1) is 14.3. The third kappa shape index (κ3) is 3.50. The lowest BCUT2D eigenvalue weighted by molar-refractivity contribution is -0.0260. The van der Waals surface area contributed by atoms with Crippen LogP contribution >= 0.6 is 0 Å². The van der Waals surface area contributed by atoms with Gasteiger partial charge in [-0.15, -0.1) is 0 Å². The molecule has 1 aromatic heterocycles. The van der Waals surface area contributed by atoms with Crippen LogP contribution in [-0.2, 0) is 11.3 Å². The van der Waals surface area contributed by atoms with E-state index in [0.29, 0.717) is 6.54 Å². The van der Waals surface area contributed by atoms with Crippen molar-refractivity contribution in [2.45, 2.75) is 19.6 Å². The molecule has 0 spiro atoms. The SMILES string of the molecule is Cc1cccc(-n2cc(CN3CCO[C@H](CN)C3)cn2)c1. The first-order valence-electron chi connectivity index (χ1n) is 7.39. The van der Waals surface area contributed by atoms with E-state index >= 15 is 0 Å². The van der Waals surface area contributed by atoms with Crippen molar-refractivity contribution < 1.29 is 4.74 Å². The highest BCUT2D eigenvalue weighted by Crippen LogP contribution is 2.13. The Morgan fingerprint density at radius 1 is 1.43 bits per heavy atom. The van der Waals surface area contributed by atoms with Crippen LogP contribution in [0.3, 0.4) is 0 Å². The molecule has 1 atom stereocenters. The van der Waals surface area contributed by atoms with Gasteiger partial charge in [0.05, 0.1) is 24.6 Å². The molecular formula is C16H22N4O. The van der Waals surface area contributed by atoms with Gasteiger partial charge in [0, 0.05) is 37.9 Å². The molecule has 0 unspecified atom stereocenters. The molecule has 0 amide bonds. The predicted molar refractivity (Wildman–Crippen MR) is 82.4 cm³/mol. The predicted octanol–water partition coefficient (Wildman–Crippen LogP) is 1.34. The first-order chi connectivity index (χ1) is 10.2. The zero-order chi connectivity index (χ0) is 14.7. The molecule has 2 heterocycles. The molecule has 1 aliphatic rings. The third-order valence-electron chi connectivity index (χ3n) is 3.79. The summed E-state index contributed by atoms with van der Waals surface area (Å²) in [6.45, 7) is 6.17. The van der Waals surface area contributed by atoms with Crippen LogP contribution in [0.4, 0.5) is 0 Å². The van der Waals surface area contributed by atoms with E-state index in [-0.39, 0.29) is 6.10 Å². The van der Waals surface area contributed by atoms with Crippen LogP contribution in [0, 0.1) is 6.92 Å². The molecule has 0 radical (unpaired) electrons. The van der Waals surface area contributed by atoms with Gasteiger partial charge in [0.15, 0.2) is 0 Å². The topological polar surface area (TPSA) is 56.3 Å². The summed E-state index contributed by atoms with van der Waals surface area (Å²) in [6, 6.07) is 8.35. The van der Waals surface area contributed by atoms with Crippen molar-refractivity contribution in [3.05, 3.63) is 47.8 Å². The van der Waals surface area contributed by atoms with E-state index in [1.807, 2.05) is 10.9 Å². The zero-order valence-electron chi connectivity index (χ0n) is 12.4. The number of aryl methyl sites for hydroxylation is 1. The van der Waals surface area contributed by atoms with Gasteiger partial charge in [-0.2, -0.15) is 5.10 Å². The quantitative estimate of drug-likeness (QED) is 0.921. The van der Waals surface area contributed by atoms with Crippen LogP contribution in [0.1, 0.15) is 11.1 Å². The second-order valence-electron chi connectivity index (χ2n) is 5.60. The van der Waals surface area contributed by atoms with Crippen molar-refractivity contribution in [3.8, 4) is 5.69 Å². The van der Waals surface area contributed by atoms with Crippen molar-refractivity contribution in [1.82, 2.24) is 14.7 Å². The van der Waals surface area contributed by atoms with Crippen molar-refractivity contribution in [2.24, 2.45) is 5.73 Å². The Hall–Kier alpha value is -1.69. The number of benzene rings is 1. The number of rotatable bonds is 4. The lowest BCUT2D eigenvalue weighted by Crippen LogP contribution is -2.45. The van der Waals surface area contributed by atoms with Crippen molar-refractivity contribution in [2.75, 3.05) is 26.2 Å². The molecule has 21 heavy (non-hydrogen) atoms. The lowest BCUT2D eigenvalue weighted by atomic mass is 10.2. The monoisotopic (exact) mass is 286 g/mol. The average Bonchev–Trinajstić information content (AvgIpc) is 2.96. The fourth-order valence-corrected chi connectivity index (χ4v) is 2.68. The van der Waals surface area contributed by atoms with E-state index in [9.17, 15) is 0 Å². The Labute approximate surface area is 125 Å². The maximum Gasteiger partial charge on any atom is 0.0824 e. The maximum atomic E-state index is 5.68. The van der Waals surface area contributed by atoms with Gasteiger partial charge in [0.2, 0.25) is 0 Å². The Morgan fingerprint density at radius 2 is 2.33 bits per heavy atom. The fraction of sp³-hybridized carbons (Fsp3) is 0.438. The van der Waals surface area contributed by atoms with E-state index < -0.39 is 0 Å². The van der Waals surface area contributed by atoms with Crippen LogP contribution in [0.25, 0.3) is 5.69 Å². The molecule has 5 nitrogen and oxygen atoms in total. The molecule has 0 aliphatic carbocycles. The Bertz CT molecular complexity index is 595. The minimum absolute atomic E-state index is 0.158. The van der Waals surface area contributed by atoms with E-state index in [1.165, 1.54) is 11.1 Å². The third-order valence-corrected chi connectivity index (χ3v) is 3.79.